The molecule has 1 unspecified atom stereocenters. The smallest absolute Gasteiger partial charge is 0.323 e. The zero-order valence-corrected chi connectivity index (χ0v) is 10.6. The largest absolute Gasteiger partial charge is 0.468 e. The van der Waals surface area contributed by atoms with Crippen molar-refractivity contribution in [1.29, 1.82) is 0 Å². The molecule has 16 heavy (non-hydrogen) atoms. The molecule has 1 aliphatic rings. The summed E-state index contributed by atoms with van der Waals surface area (Å²) in [6.45, 7) is 1.08. The summed E-state index contributed by atoms with van der Waals surface area (Å²) in [5.41, 5.74) is 0. The van der Waals surface area contributed by atoms with Gasteiger partial charge < -0.3 is 15.2 Å². The summed E-state index contributed by atoms with van der Waals surface area (Å²) in [6, 6.07) is -0.108. The number of hydrogen-bond donors (Lipinski definition) is 2. The number of rotatable bonds is 9. The van der Waals surface area contributed by atoms with Gasteiger partial charge in [-0.25, -0.2) is 0 Å². The minimum atomic E-state index is -0.136. The maximum absolute atomic E-state index is 11.4. The van der Waals surface area contributed by atoms with Crippen LogP contribution in [0, 0.1) is 5.92 Å². The molecular formula is C11H21NO3S. The van der Waals surface area contributed by atoms with Gasteiger partial charge in [0.05, 0.1) is 7.11 Å². The van der Waals surface area contributed by atoms with E-state index in [-0.39, 0.29) is 18.6 Å². The Balaban J connectivity index is 2.06. The molecule has 1 atom stereocenters. The summed E-state index contributed by atoms with van der Waals surface area (Å²) < 4.78 is 4.77. The molecule has 0 bridgehead atoms. The number of aliphatic hydroxyl groups excluding tert-OH is 1. The standard InChI is InChI=1S/C11H21NO3S/c1-15-11(14)10(9-3-4-9)12-5-8-16-7-2-6-13/h9-10,12-13H,2-8H2,1H3. The van der Waals surface area contributed by atoms with E-state index in [2.05, 4.69) is 5.32 Å². The van der Waals surface area contributed by atoms with Crippen LogP contribution < -0.4 is 5.32 Å². The fraction of sp³-hybridized carbons (Fsp3) is 0.909. The van der Waals surface area contributed by atoms with E-state index in [1.807, 2.05) is 0 Å². The summed E-state index contributed by atoms with van der Waals surface area (Å²) in [4.78, 5) is 11.4. The molecule has 0 saturated heterocycles. The van der Waals surface area contributed by atoms with Gasteiger partial charge in [0.25, 0.3) is 0 Å². The first kappa shape index (κ1) is 13.8. The van der Waals surface area contributed by atoms with Crippen molar-refractivity contribution in [2.75, 3.05) is 31.8 Å². The summed E-state index contributed by atoms with van der Waals surface area (Å²) in [5.74, 6) is 2.29. The predicted molar refractivity (Wildman–Crippen MR) is 65.6 cm³/mol. The Kier molecular flexibility index (Phi) is 6.84. The van der Waals surface area contributed by atoms with Crippen LogP contribution in [0.1, 0.15) is 19.3 Å². The summed E-state index contributed by atoms with van der Waals surface area (Å²) in [5, 5.41) is 11.9. The minimum absolute atomic E-state index is 0.108. The molecule has 0 aromatic heterocycles. The molecule has 0 radical (unpaired) electrons. The van der Waals surface area contributed by atoms with Crippen LogP contribution in [0.25, 0.3) is 0 Å². The van der Waals surface area contributed by atoms with Crippen LogP contribution in [0.5, 0.6) is 0 Å². The van der Waals surface area contributed by atoms with Crippen molar-refractivity contribution in [3.63, 3.8) is 0 Å². The van der Waals surface area contributed by atoms with Crippen molar-refractivity contribution in [2.24, 2.45) is 5.92 Å². The van der Waals surface area contributed by atoms with Gasteiger partial charge in [0.15, 0.2) is 0 Å². The summed E-state index contributed by atoms with van der Waals surface area (Å²) >= 11 is 1.80. The molecule has 1 rings (SSSR count). The minimum Gasteiger partial charge on any atom is -0.468 e. The highest BCUT2D eigenvalue weighted by molar-refractivity contribution is 7.99. The van der Waals surface area contributed by atoms with E-state index >= 15 is 0 Å². The number of aliphatic hydroxyl groups is 1. The van der Waals surface area contributed by atoms with E-state index in [9.17, 15) is 4.79 Å². The van der Waals surface area contributed by atoms with Crippen molar-refractivity contribution in [1.82, 2.24) is 5.32 Å². The van der Waals surface area contributed by atoms with Crippen molar-refractivity contribution in [3.05, 3.63) is 0 Å². The second kappa shape index (κ2) is 7.92. The lowest BCUT2D eigenvalue weighted by molar-refractivity contribution is -0.143. The average molecular weight is 247 g/mol. The van der Waals surface area contributed by atoms with Gasteiger partial charge in [0.2, 0.25) is 0 Å². The Morgan fingerprint density at radius 3 is 2.88 bits per heavy atom. The first-order chi connectivity index (χ1) is 7.79. The van der Waals surface area contributed by atoms with Gasteiger partial charge in [-0.1, -0.05) is 0 Å². The van der Waals surface area contributed by atoms with Crippen molar-refractivity contribution >= 4 is 17.7 Å². The number of ether oxygens (including phenoxy) is 1. The maximum Gasteiger partial charge on any atom is 0.323 e. The molecule has 0 aromatic carbocycles. The molecule has 4 nitrogen and oxygen atoms in total. The molecule has 1 fully saturated rings. The second-order valence-electron chi connectivity index (χ2n) is 3.98. The Bertz CT molecular complexity index is 209. The number of nitrogens with one attached hydrogen (secondary N) is 1. The number of carbonyl (C=O) groups is 1. The van der Waals surface area contributed by atoms with Crippen LogP contribution in [0.4, 0.5) is 0 Å². The van der Waals surface area contributed by atoms with E-state index in [1.54, 1.807) is 11.8 Å². The molecule has 0 amide bonds. The number of hydrogen-bond acceptors (Lipinski definition) is 5. The lowest BCUT2D eigenvalue weighted by Crippen LogP contribution is -2.40. The van der Waals surface area contributed by atoms with Crippen molar-refractivity contribution < 1.29 is 14.6 Å². The summed E-state index contributed by atoms with van der Waals surface area (Å²) in [7, 11) is 1.44. The normalized spacial score (nSPS) is 17.1. The molecule has 0 aliphatic heterocycles. The van der Waals surface area contributed by atoms with Crippen molar-refractivity contribution in [2.45, 2.75) is 25.3 Å². The Morgan fingerprint density at radius 2 is 2.31 bits per heavy atom. The number of thioether (sulfide) groups is 1. The quantitative estimate of drug-likeness (QED) is 0.462. The fourth-order valence-electron chi connectivity index (χ4n) is 1.55. The number of carbonyl (C=O) groups excluding carboxylic acids is 1. The maximum atomic E-state index is 11.4. The Hall–Kier alpha value is -0.260. The third-order valence-electron chi connectivity index (χ3n) is 2.61. The number of methoxy groups -OCH3 is 1. The molecule has 94 valence electrons. The van der Waals surface area contributed by atoms with Gasteiger partial charge in [0, 0.05) is 18.9 Å². The lowest BCUT2D eigenvalue weighted by atomic mass is 10.2. The molecule has 0 spiro atoms. The van der Waals surface area contributed by atoms with Gasteiger partial charge in [-0.3, -0.25) is 4.79 Å². The van der Waals surface area contributed by atoms with E-state index in [1.165, 1.54) is 7.11 Å². The monoisotopic (exact) mass is 247 g/mol. The molecule has 5 heteroatoms. The zero-order chi connectivity index (χ0) is 11.8. The van der Waals surface area contributed by atoms with Crippen LogP contribution in [0.3, 0.4) is 0 Å². The third kappa shape index (κ3) is 5.18. The fourth-order valence-corrected chi connectivity index (χ4v) is 2.35. The Morgan fingerprint density at radius 1 is 1.56 bits per heavy atom. The first-order valence-corrected chi connectivity index (χ1v) is 6.95. The Labute approximate surface area is 101 Å². The molecule has 1 saturated carbocycles. The molecule has 0 heterocycles. The topological polar surface area (TPSA) is 58.6 Å². The summed E-state index contributed by atoms with van der Waals surface area (Å²) in [6.07, 6.45) is 3.10. The van der Waals surface area contributed by atoms with E-state index in [0.29, 0.717) is 5.92 Å². The van der Waals surface area contributed by atoms with Crippen LogP contribution in [-0.2, 0) is 9.53 Å². The predicted octanol–water partition coefficient (Wildman–Crippen LogP) is 0.643. The van der Waals surface area contributed by atoms with Gasteiger partial charge >= 0.3 is 5.97 Å². The molecular weight excluding hydrogens is 226 g/mol. The highest BCUT2D eigenvalue weighted by Gasteiger charge is 2.36. The molecule has 0 aromatic rings. The van der Waals surface area contributed by atoms with E-state index < -0.39 is 0 Å². The molecule has 2 N–H and O–H groups in total. The van der Waals surface area contributed by atoms with Crippen LogP contribution in [0.2, 0.25) is 0 Å². The van der Waals surface area contributed by atoms with Crippen molar-refractivity contribution in [3.8, 4) is 0 Å². The molecule has 1 aliphatic carbocycles. The van der Waals surface area contributed by atoms with Gasteiger partial charge in [-0.05, 0) is 30.9 Å². The first-order valence-electron chi connectivity index (χ1n) is 5.79. The second-order valence-corrected chi connectivity index (χ2v) is 5.21. The van der Waals surface area contributed by atoms with Gasteiger partial charge in [-0.15, -0.1) is 0 Å². The third-order valence-corrected chi connectivity index (χ3v) is 3.68. The lowest BCUT2D eigenvalue weighted by Gasteiger charge is -2.15. The zero-order valence-electron chi connectivity index (χ0n) is 9.78. The SMILES string of the molecule is COC(=O)C(NCCSCCCO)C1CC1. The van der Waals surface area contributed by atoms with Crippen LogP contribution in [-0.4, -0.2) is 48.9 Å². The highest BCUT2D eigenvalue weighted by atomic mass is 32.2. The van der Waals surface area contributed by atoms with E-state index in [4.69, 9.17) is 9.84 Å². The highest BCUT2D eigenvalue weighted by Crippen LogP contribution is 2.33. The van der Waals surface area contributed by atoms with Gasteiger partial charge in [0.1, 0.15) is 6.04 Å². The van der Waals surface area contributed by atoms with Gasteiger partial charge in [-0.2, -0.15) is 11.8 Å². The number of esters is 1. The van der Waals surface area contributed by atoms with Crippen LogP contribution in [0.15, 0.2) is 0 Å². The average Bonchev–Trinajstić information content (AvgIpc) is 3.11. The van der Waals surface area contributed by atoms with E-state index in [0.717, 1.165) is 37.3 Å². The van der Waals surface area contributed by atoms with Crippen LogP contribution >= 0.6 is 11.8 Å².